The van der Waals surface area contributed by atoms with Gasteiger partial charge in [-0.15, -0.1) is 0 Å². The molecule has 24 heavy (non-hydrogen) atoms. The first-order valence-corrected chi connectivity index (χ1v) is 8.38. The molecule has 5 rings (SSSR count). The minimum Gasteiger partial charge on any atom is -0.338 e. The van der Waals surface area contributed by atoms with Crippen molar-refractivity contribution in [1.29, 1.82) is 0 Å². The lowest BCUT2D eigenvalue weighted by Gasteiger charge is -2.41. The van der Waals surface area contributed by atoms with Gasteiger partial charge in [-0.1, -0.05) is 23.8 Å². The van der Waals surface area contributed by atoms with Crippen molar-refractivity contribution in [3.8, 4) is 0 Å². The van der Waals surface area contributed by atoms with Crippen LogP contribution in [0.25, 0.3) is 0 Å². The van der Waals surface area contributed by atoms with Gasteiger partial charge in [-0.3, -0.25) is 4.79 Å². The van der Waals surface area contributed by atoms with E-state index in [-0.39, 0.29) is 23.5 Å². The summed E-state index contributed by atoms with van der Waals surface area (Å²) in [6.07, 6.45) is 9.65. The topological polar surface area (TPSA) is 55.4 Å². The predicted molar refractivity (Wildman–Crippen MR) is 90.0 cm³/mol. The molecule has 0 aromatic heterocycles. The highest BCUT2D eigenvalue weighted by Gasteiger charge is 2.42. The Morgan fingerprint density at radius 2 is 1.92 bits per heavy atom. The van der Waals surface area contributed by atoms with Crippen LogP contribution in [0.5, 0.6) is 0 Å². The summed E-state index contributed by atoms with van der Waals surface area (Å²) in [6, 6.07) is 6.50. The Morgan fingerprint density at radius 3 is 2.62 bits per heavy atom. The number of rotatable bonds is 3. The normalized spacial score (nSPS) is 27.2. The minimum absolute atomic E-state index is 0.115. The van der Waals surface area contributed by atoms with E-state index in [1.54, 1.807) is 36.4 Å². The lowest BCUT2D eigenvalue weighted by molar-refractivity contribution is -0.119. The summed E-state index contributed by atoms with van der Waals surface area (Å²) in [4.78, 5) is 29.6. The van der Waals surface area contributed by atoms with Crippen molar-refractivity contribution in [2.24, 2.45) is 17.8 Å². The van der Waals surface area contributed by atoms with Gasteiger partial charge < -0.3 is 4.84 Å². The van der Waals surface area contributed by atoms with Gasteiger partial charge >= 0.3 is 5.97 Å². The minimum atomic E-state index is -0.488. The SMILES string of the molecule is O=C(ONC1=C2C3C=CC(CC3)C2C(=O)C=C1)c1ccc(Cl)cc1. The predicted octanol–water partition coefficient (Wildman–Crippen LogP) is 3.61. The van der Waals surface area contributed by atoms with E-state index >= 15 is 0 Å². The van der Waals surface area contributed by atoms with Crippen LogP contribution in [0.15, 0.2) is 59.8 Å². The molecule has 1 aromatic rings. The average Bonchev–Trinajstić information content (AvgIpc) is 2.62. The lowest BCUT2D eigenvalue weighted by atomic mass is 9.62. The molecule has 4 nitrogen and oxygen atoms in total. The molecule has 3 atom stereocenters. The van der Waals surface area contributed by atoms with Gasteiger partial charge in [0.25, 0.3) is 0 Å². The number of carbonyl (C=O) groups excluding carboxylic acids is 2. The third-order valence-electron chi connectivity index (χ3n) is 4.93. The van der Waals surface area contributed by atoms with Crippen molar-refractivity contribution in [2.75, 3.05) is 0 Å². The quantitative estimate of drug-likeness (QED) is 0.674. The Kier molecular flexibility index (Phi) is 3.77. The molecule has 1 saturated carbocycles. The van der Waals surface area contributed by atoms with Crippen LogP contribution in [0, 0.1) is 17.8 Å². The molecule has 1 N–H and O–H groups in total. The number of fused-ring (bicyclic) bond motifs is 1. The fourth-order valence-corrected chi connectivity index (χ4v) is 3.90. The van der Waals surface area contributed by atoms with E-state index in [1.807, 2.05) is 0 Å². The van der Waals surface area contributed by atoms with Crippen LogP contribution < -0.4 is 5.48 Å². The number of benzene rings is 1. The summed E-state index contributed by atoms with van der Waals surface area (Å²) in [5.41, 5.74) is 4.94. The molecular formula is C19H16ClNO3. The number of halogens is 1. The van der Waals surface area contributed by atoms with Crippen molar-refractivity contribution < 1.29 is 14.4 Å². The van der Waals surface area contributed by atoms with Gasteiger partial charge in [0.05, 0.1) is 17.2 Å². The zero-order valence-corrected chi connectivity index (χ0v) is 13.6. The largest absolute Gasteiger partial charge is 0.362 e. The summed E-state index contributed by atoms with van der Waals surface area (Å²) >= 11 is 5.82. The van der Waals surface area contributed by atoms with Gasteiger partial charge in [0.2, 0.25) is 0 Å². The van der Waals surface area contributed by atoms with Crippen LogP contribution in [0.4, 0.5) is 0 Å². The van der Waals surface area contributed by atoms with Crippen LogP contribution in [-0.2, 0) is 9.63 Å². The molecule has 1 aromatic carbocycles. The third-order valence-corrected chi connectivity index (χ3v) is 5.18. The van der Waals surface area contributed by atoms with Gasteiger partial charge in [0.1, 0.15) is 0 Å². The van der Waals surface area contributed by atoms with Crippen LogP contribution in [-0.4, -0.2) is 11.8 Å². The zero-order valence-electron chi connectivity index (χ0n) is 12.9. The highest BCUT2D eigenvalue weighted by Crippen LogP contribution is 2.47. The van der Waals surface area contributed by atoms with Crippen molar-refractivity contribution in [2.45, 2.75) is 12.8 Å². The van der Waals surface area contributed by atoms with E-state index < -0.39 is 5.97 Å². The van der Waals surface area contributed by atoms with Crippen molar-refractivity contribution in [1.82, 2.24) is 5.48 Å². The Labute approximate surface area is 144 Å². The highest BCUT2D eigenvalue weighted by atomic mass is 35.5. The summed E-state index contributed by atoms with van der Waals surface area (Å²) in [5.74, 6) is 0.0316. The van der Waals surface area contributed by atoms with E-state index in [2.05, 4.69) is 17.6 Å². The Morgan fingerprint density at radius 1 is 1.12 bits per heavy atom. The van der Waals surface area contributed by atoms with E-state index in [4.69, 9.17) is 16.4 Å². The van der Waals surface area contributed by atoms with Crippen LogP contribution in [0.2, 0.25) is 5.02 Å². The summed E-state index contributed by atoms with van der Waals surface area (Å²) in [6.45, 7) is 0. The Bertz CT molecular complexity index is 791. The van der Waals surface area contributed by atoms with Crippen LogP contribution in [0.1, 0.15) is 23.2 Å². The van der Waals surface area contributed by atoms with Gasteiger partial charge in [0, 0.05) is 10.9 Å². The van der Waals surface area contributed by atoms with Crippen molar-refractivity contribution in [3.63, 3.8) is 0 Å². The molecule has 0 aliphatic heterocycles. The average molecular weight is 342 g/mol. The fourth-order valence-electron chi connectivity index (χ4n) is 3.78. The number of hydroxylamine groups is 1. The molecule has 4 aliphatic carbocycles. The van der Waals surface area contributed by atoms with Gasteiger partial charge in [-0.05, 0) is 60.8 Å². The number of allylic oxidation sites excluding steroid dienone is 5. The molecule has 122 valence electrons. The van der Waals surface area contributed by atoms with Gasteiger partial charge in [0.15, 0.2) is 5.78 Å². The molecule has 2 bridgehead atoms. The van der Waals surface area contributed by atoms with Crippen LogP contribution >= 0.6 is 11.6 Å². The maximum Gasteiger partial charge on any atom is 0.362 e. The number of nitrogens with one attached hydrogen (secondary N) is 1. The molecule has 0 radical (unpaired) electrons. The second-order valence-corrected chi connectivity index (χ2v) is 6.75. The molecule has 5 heteroatoms. The number of ketones is 1. The van der Waals surface area contributed by atoms with Crippen LogP contribution in [0.3, 0.4) is 0 Å². The third kappa shape index (κ3) is 2.57. The summed E-state index contributed by atoms with van der Waals surface area (Å²) in [5, 5.41) is 0.561. The second kappa shape index (κ2) is 5.95. The maximum absolute atomic E-state index is 12.3. The molecule has 0 heterocycles. The van der Waals surface area contributed by atoms with Crippen molar-refractivity contribution >= 4 is 23.4 Å². The molecule has 0 spiro atoms. The smallest absolute Gasteiger partial charge is 0.338 e. The van der Waals surface area contributed by atoms with E-state index in [0.717, 1.165) is 24.1 Å². The number of hydrogen-bond donors (Lipinski definition) is 1. The second-order valence-electron chi connectivity index (χ2n) is 6.31. The standard InChI is InChI=1S/C19H16ClNO3/c20-14-7-5-13(6-8-14)19(23)24-21-15-9-10-16(22)18-12-3-1-11(2-4-12)17(15)18/h1,3,5-12,18,21H,2,4H2. The number of carbonyl (C=O) groups is 2. The molecular weight excluding hydrogens is 326 g/mol. The first kappa shape index (κ1) is 15.2. The maximum atomic E-state index is 12.3. The highest BCUT2D eigenvalue weighted by molar-refractivity contribution is 6.30. The van der Waals surface area contributed by atoms with E-state index in [0.29, 0.717) is 10.6 Å². The van der Waals surface area contributed by atoms with E-state index in [1.165, 1.54) is 0 Å². The molecule has 0 amide bonds. The van der Waals surface area contributed by atoms with Gasteiger partial charge in [-0.25, -0.2) is 10.3 Å². The Balaban J connectivity index is 1.54. The van der Waals surface area contributed by atoms with Gasteiger partial charge in [-0.2, -0.15) is 0 Å². The molecule has 4 aliphatic rings. The first-order chi connectivity index (χ1) is 11.6. The van der Waals surface area contributed by atoms with Crippen molar-refractivity contribution in [3.05, 3.63) is 70.4 Å². The molecule has 1 fully saturated rings. The molecule has 0 saturated heterocycles. The summed E-state index contributed by atoms with van der Waals surface area (Å²) in [7, 11) is 0. The van der Waals surface area contributed by atoms with E-state index in [9.17, 15) is 9.59 Å². The summed E-state index contributed by atoms with van der Waals surface area (Å²) < 4.78 is 0. The molecule has 3 unspecified atom stereocenters. The zero-order chi connectivity index (χ0) is 16.7. The monoisotopic (exact) mass is 341 g/mol. The first-order valence-electron chi connectivity index (χ1n) is 8.00. The Hall–Kier alpha value is -2.33. The lowest BCUT2D eigenvalue weighted by Crippen LogP contribution is -2.39. The number of hydrogen-bond acceptors (Lipinski definition) is 4. The fraction of sp³-hybridized carbons (Fsp3) is 0.263.